The fourth-order valence-corrected chi connectivity index (χ4v) is 2.66. The Bertz CT molecular complexity index is 791. The van der Waals surface area contributed by atoms with Crippen LogP contribution >= 0.6 is 11.6 Å². The Balaban J connectivity index is 1.95. The van der Waals surface area contributed by atoms with Gasteiger partial charge in [-0.1, -0.05) is 49.7 Å². The minimum atomic E-state index is -0.576. The lowest BCUT2D eigenvalue weighted by molar-refractivity contribution is -0.383. The third-order valence-corrected chi connectivity index (χ3v) is 4.34. The van der Waals surface area contributed by atoms with Crippen molar-refractivity contribution in [2.75, 3.05) is 11.9 Å². The molecule has 0 aliphatic heterocycles. The molecule has 6 nitrogen and oxygen atoms in total. The zero-order chi connectivity index (χ0) is 19.3. The summed E-state index contributed by atoms with van der Waals surface area (Å²) in [7, 11) is 0. The number of halogens is 1. The summed E-state index contributed by atoms with van der Waals surface area (Å²) in [6.45, 7) is 6.27. The molecule has 0 heterocycles. The molecule has 0 aromatic heterocycles. The number of hydrogen-bond acceptors (Lipinski definition) is 4. The Morgan fingerprint density at radius 1 is 1.12 bits per heavy atom. The lowest BCUT2D eigenvalue weighted by Gasteiger charge is -2.15. The SMILES string of the molecule is CC(C)c1ccc(C(C)NCC(=O)Nc2ccc(Cl)cc2[N+](=O)[O-])cc1. The number of carbonyl (C=O) groups is 1. The van der Waals surface area contributed by atoms with Crippen LogP contribution in [0.3, 0.4) is 0 Å². The van der Waals surface area contributed by atoms with Crippen LogP contribution < -0.4 is 10.6 Å². The van der Waals surface area contributed by atoms with Crippen LogP contribution in [-0.4, -0.2) is 17.4 Å². The van der Waals surface area contributed by atoms with Crippen LogP contribution in [0.4, 0.5) is 11.4 Å². The van der Waals surface area contributed by atoms with E-state index in [1.807, 2.05) is 19.1 Å². The lowest BCUT2D eigenvalue weighted by Crippen LogP contribution is -2.30. The Morgan fingerprint density at radius 3 is 2.31 bits per heavy atom. The molecule has 0 spiro atoms. The number of carbonyl (C=O) groups excluding carboxylic acids is 1. The van der Waals surface area contributed by atoms with Crippen LogP contribution in [0.2, 0.25) is 5.02 Å². The van der Waals surface area contributed by atoms with Crippen molar-refractivity contribution >= 4 is 28.9 Å². The second kappa shape index (κ2) is 8.78. The monoisotopic (exact) mass is 375 g/mol. The molecule has 26 heavy (non-hydrogen) atoms. The first kappa shape index (κ1) is 19.9. The predicted molar refractivity (Wildman–Crippen MR) is 104 cm³/mol. The summed E-state index contributed by atoms with van der Waals surface area (Å²) >= 11 is 5.77. The van der Waals surface area contributed by atoms with Crippen molar-refractivity contribution in [3.8, 4) is 0 Å². The van der Waals surface area contributed by atoms with Gasteiger partial charge in [-0.2, -0.15) is 0 Å². The third kappa shape index (κ3) is 5.28. The molecule has 0 aliphatic rings. The summed E-state index contributed by atoms with van der Waals surface area (Å²) in [6, 6.07) is 12.3. The van der Waals surface area contributed by atoms with Crippen molar-refractivity contribution in [1.82, 2.24) is 5.32 Å². The predicted octanol–water partition coefficient (Wildman–Crippen LogP) is 4.66. The maximum Gasteiger partial charge on any atom is 0.294 e. The molecule has 138 valence electrons. The Morgan fingerprint density at radius 2 is 1.73 bits per heavy atom. The first-order valence-corrected chi connectivity index (χ1v) is 8.72. The molecule has 1 atom stereocenters. The third-order valence-electron chi connectivity index (χ3n) is 4.10. The highest BCUT2D eigenvalue weighted by Crippen LogP contribution is 2.27. The van der Waals surface area contributed by atoms with Crippen molar-refractivity contribution < 1.29 is 9.72 Å². The molecule has 0 aliphatic carbocycles. The molecule has 2 rings (SSSR count). The zero-order valence-corrected chi connectivity index (χ0v) is 15.7. The van der Waals surface area contributed by atoms with Gasteiger partial charge in [0.25, 0.3) is 5.69 Å². The maximum absolute atomic E-state index is 12.1. The van der Waals surface area contributed by atoms with E-state index >= 15 is 0 Å². The van der Waals surface area contributed by atoms with Crippen LogP contribution in [0.25, 0.3) is 0 Å². The molecule has 0 radical (unpaired) electrons. The smallest absolute Gasteiger partial charge is 0.294 e. The Labute approximate surface area is 157 Å². The first-order valence-electron chi connectivity index (χ1n) is 8.35. The molecule has 0 bridgehead atoms. The number of nitrogens with zero attached hydrogens (tertiary/aromatic N) is 1. The van der Waals surface area contributed by atoms with E-state index in [9.17, 15) is 14.9 Å². The van der Waals surface area contributed by atoms with Crippen molar-refractivity contribution in [2.24, 2.45) is 0 Å². The molecule has 0 saturated heterocycles. The average Bonchev–Trinajstić information content (AvgIpc) is 2.61. The summed E-state index contributed by atoms with van der Waals surface area (Å²) < 4.78 is 0. The van der Waals surface area contributed by atoms with Crippen LogP contribution in [0.15, 0.2) is 42.5 Å². The van der Waals surface area contributed by atoms with E-state index in [0.717, 1.165) is 5.56 Å². The zero-order valence-electron chi connectivity index (χ0n) is 15.0. The van der Waals surface area contributed by atoms with Crippen molar-refractivity contribution in [3.05, 3.63) is 68.7 Å². The van der Waals surface area contributed by atoms with Gasteiger partial charge in [0, 0.05) is 17.1 Å². The molecule has 0 saturated carbocycles. The van der Waals surface area contributed by atoms with E-state index in [-0.39, 0.29) is 34.9 Å². The topological polar surface area (TPSA) is 84.3 Å². The van der Waals surface area contributed by atoms with Crippen LogP contribution in [-0.2, 0) is 4.79 Å². The van der Waals surface area contributed by atoms with E-state index in [2.05, 4.69) is 36.6 Å². The van der Waals surface area contributed by atoms with Gasteiger partial charge < -0.3 is 10.6 Å². The number of anilines is 1. The summed E-state index contributed by atoms with van der Waals surface area (Å²) in [5.74, 6) is 0.106. The van der Waals surface area contributed by atoms with Gasteiger partial charge in [0.2, 0.25) is 5.91 Å². The second-order valence-corrected chi connectivity index (χ2v) is 6.83. The lowest BCUT2D eigenvalue weighted by atomic mass is 9.99. The molecule has 2 N–H and O–H groups in total. The fraction of sp³-hybridized carbons (Fsp3) is 0.316. The largest absolute Gasteiger partial charge is 0.319 e. The van der Waals surface area contributed by atoms with Gasteiger partial charge in [0.05, 0.1) is 11.5 Å². The van der Waals surface area contributed by atoms with Gasteiger partial charge in [-0.05, 0) is 36.1 Å². The van der Waals surface area contributed by atoms with Crippen molar-refractivity contribution in [3.63, 3.8) is 0 Å². The van der Waals surface area contributed by atoms with E-state index in [1.165, 1.54) is 23.8 Å². The first-order chi connectivity index (χ1) is 12.3. The number of nitro benzene ring substituents is 1. The quantitative estimate of drug-likeness (QED) is 0.544. The van der Waals surface area contributed by atoms with Crippen LogP contribution in [0, 0.1) is 10.1 Å². The maximum atomic E-state index is 12.1. The standard InChI is InChI=1S/C19H22ClN3O3/c1-12(2)14-4-6-15(7-5-14)13(3)21-11-19(24)22-17-9-8-16(20)10-18(17)23(25)26/h4-10,12-13,21H,11H2,1-3H3,(H,22,24). The highest BCUT2D eigenvalue weighted by molar-refractivity contribution is 6.31. The molecular weight excluding hydrogens is 354 g/mol. The minimum absolute atomic E-state index is 0.0258. The van der Waals surface area contributed by atoms with E-state index < -0.39 is 4.92 Å². The normalized spacial score (nSPS) is 12.0. The van der Waals surface area contributed by atoms with E-state index in [4.69, 9.17) is 11.6 Å². The number of nitrogens with one attached hydrogen (secondary N) is 2. The number of benzene rings is 2. The highest BCUT2D eigenvalue weighted by atomic mass is 35.5. The molecule has 2 aromatic carbocycles. The van der Waals surface area contributed by atoms with Gasteiger partial charge in [-0.25, -0.2) is 0 Å². The van der Waals surface area contributed by atoms with Gasteiger partial charge in [-0.3, -0.25) is 14.9 Å². The minimum Gasteiger partial charge on any atom is -0.319 e. The van der Waals surface area contributed by atoms with Crippen LogP contribution in [0.1, 0.15) is 43.9 Å². The average molecular weight is 376 g/mol. The number of rotatable bonds is 7. The highest BCUT2D eigenvalue weighted by Gasteiger charge is 2.17. The molecule has 1 amide bonds. The number of amides is 1. The summed E-state index contributed by atoms with van der Waals surface area (Å²) in [5, 5.41) is 17.0. The Kier molecular flexibility index (Phi) is 6.71. The molecule has 2 aromatic rings. The molecule has 0 fully saturated rings. The fourth-order valence-electron chi connectivity index (χ4n) is 2.49. The summed E-state index contributed by atoms with van der Waals surface area (Å²) in [5.41, 5.74) is 2.22. The molecular formula is C19H22ClN3O3. The van der Waals surface area contributed by atoms with Crippen molar-refractivity contribution in [2.45, 2.75) is 32.7 Å². The summed E-state index contributed by atoms with van der Waals surface area (Å²) in [6.07, 6.45) is 0. The second-order valence-electron chi connectivity index (χ2n) is 6.39. The van der Waals surface area contributed by atoms with Gasteiger partial charge >= 0.3 is 0 Å². The molecule has 7 heteroatoms. The van der Waals surface area contributed by atoms with Crippen LogP contribution in [0.5, 0.6) is 0 Å². The number of nitro groups is 1. The molecule has 1 unspecified atom stereocenters. The summed E-state index contributed by atoms with van der Waals surface area (Å²) in [4.78, 5) is 22.6. The number of hydrogen-bond donors (Lipinski definition) is 2. The Hall–Kier alpha value is -2.44. The van der Waals surface area contributed by atoms with Gasteiger partial charge in [0.15, 0.2) is 0 Å². The van der Waals surface area contributed by atoms with E-state index in [1.54, 1.807) is 0 Å². The van der Waals surface area contributed by atoms with Gasteiger partial charge in [-0.15, -0.1) is 0 Å². The van der Waals surface area contributed by atoms with Gasteiger partial charge in [0.1, 0.15) is 5.69 Å². The van der Waals surface area contributed by atoms with Crippen molar-refractivity contribution in [1.29, 1.82) is 0 Å². The van der Waals surface area contributed by atoms with E-state index in [0.29, 0.717) is 5.92 Å².